The standard InChI is InChI=1S/C29H25NO4/c31-27(24-7-2-1-3-8-24)18-13-22-11-9-21(10-12-22)6-4-5-19-34-25-16-14-23(15-17-25)26-20-28(32)30-29(26)33/h1-3,7-18,20H,4-6,19H2,(H,30,32,33). The monoisotopic (exact) mass is 451 g/mol. The number of rotatable bonds is 10. The van der Waals surface area contributed by atoms with Crippen molar-refractivity contribution in [2.24, 2.45) is 0 Å². The van der Waals surface area contributed by atoms with Gasteiger partial charge in [-0.05, 0) is 54.2 Å². The Morgan fingerprint density at radius 3 is 2.26 bits per heavy atom. The van der Waals surface area contributed by atoms with Crippen LogP contribution in [0.3, 0.4) is 0 Å². The summed E-state index contributed by atoms with van der Waals surface area (Å²) in [7, 11) is 0. The second kappa shape index (κ2) is 11.1. The maximum Gasteiger partial charge on any atom is 0.258 e. The fourth-order valence-electron chi connectivity index (χ4n) is 3.64. The molecule has 0 fully saturated rings. The number of aryl methyl sites for hydroxylation is 1. The number of amides is 2. The summed E-state index contributed by atoms with van der Waals surface area (Å²) in [4.78, 5) is 35.2. The fraction of sp³-hybridized carbons (Fsp3) is 0.138. The Morgan fingerprint density at radius 1 is 0.853 bits per heavy atom. The zero-order chi connectivity index (χ0) is 23.8. The molecule has 0 aliphatic carbocycles. The molecule has 0 saturated heterocycles. The van der Waals surface area contributed by atoms with Crippen LogP contribution >= 0.6 is 0 Å². The van der Waals surface area contributed by atoms with Gasteiger partial charge in [-0.25, -0.2) is 0 Å². The number of allylic oxidation sites excluding steroid dienone is 1. The Labute approximate surface area is 198 Å². The van der Waals surface area contributed by atoms with Crippen LogP contribution in [0.5, 0.6) is 5.75 Å². The first-order valence-corrected chi connectivity index (χ1v) is 11.3. The zero-order valence-corrected chi connectivity index (χ0v) is 18.7. The van der Waals surface area contributed by atoms with Crippen LogP contribution in [0.4, 0.5) is 0 Å². The van der Waals surface area contributed by atoms with Crippen molar-refractivity contribution >= 4 is 29.2 Å². The lowest BCUT2D eigenvalue weighted by atomic mass is 10.0. The zero-order valence-electron chi connectivity index (χ0n) is 18.7. The van der Waals surface area contributed by atoms with Crippen molar-refractivity contribution in [3.8, 4) is 5.75 Å². The smallest absolute Gasteiger partial charge is 0.258 e. The lowest BCUT2D eigenvalue weighted by molar-refractivity contribution is -0.123. The molecule has 5 nitrogen and oxygen atoms in total. The molecule has 4 rings (SSSR count). The number of hydrogen-bond donors (Lipinski definition) is 1. The minimum atomic E-state index is -0.385. The van der Waals surface area contributed by atoms with Gasteiger partial charge in [0.2, 0.25) is 0 Å². The third-order valence-corrected chi connectivity index (χ3v) is 5.52. The second-order valence-electron chi connectivity index (χ2n) is 8.01. The molecule has 3 aromatic carbocycles. The van der Waals surface area contributed by atoms with Crippen LogP contribution < -0.4 is 10.1 Å². The lowest BCUT2D eigenvalue weighted by Crippen LogP contribution is -2.21. The molecular formula is C29H25NO4. The van der Waals surface area contributed by atoms with Gasteiger partial charge in [-0.1, -0.05) is 72.8 Å². The molecule has 1 aliphatic rings. The molecule has 34 heavy (non-hydrogen) atoms. The molecule has 0 radical (unpaired) electrons. The molecule has 0 atom stereocenters. The Hall–Kier alpha value is -4.25. The molecule has 1 aliphatic heterocycles. The van der Waals surface area contributed by atoms with Gasteiger partial charge < -0.3 is 4.74 Å². The number of hydrogen-bond acceptors (Lipinski definition) is 4. The quantitative estimate of drug-likeness (QED) is 0.203. The fourth-order valence-corrected chi connectivity index (χ4v) is 3.64. The molecule has 5 heteroatoms. The Bertz CT molecular complexity index is 1220. The summed E-state index contributed by atoms with van der Waals surface area (Å²) in [6.45, 7) is 0.601. The minimum absolute atomic E-state index is 0.00413. The summed E-state index contributed by atoms with van der Waals surface area (Å²) in [5.74, 6) is -0.0289. The van der Waals surface area contributed by atoms with E-state index in [0.717, 1.165) is 30.6 Å². The maximum absolute atomic E-state index is 12.2. The van der Waals surface area contributed by atoms with E-state index in [1.165, 1.54) is 11.6 Å². The summed E-state index contributed by atoms with van der Waals surface area (Å²) in [5, 5.41) is 2.24. The third kappa shape index (κ3) is 6.17. The first-order chi connectivity index (χ1) is 16.6. The highest BCUT2D eigenvalue weighted by Gasteiger charge is 2.21. The van der Waals surface area contributed by atoms with E-state index in [1.54, 1.807) is 30.3 Å². The second-order valence-corrected chi connectivity index (χ2v) is 8.01. The van der Waals surface area contributed by atoms with Crippen molar-refractivity contribution in [3.05, 3.63) is 113 Å². The predicted octanol–water partition coefficient (Wildman–Crippen LogP) is 5.02. The van der Waals surface area contributed by atoms with Gasteiger partial charge in [0.15, 0.2) is 5.78 Å². The molecule has 0 unspecified atom stereocenters. The Morgan fingerprint density at radius 2 is 1.59 bits per heavy atom. The number of carbonyl (C=O) groups excluding carboxylic acids is 3. The molecule has 170 valence electrons. The van der Waals surface area contributed by atoms with Crippen molar-refractivity contribution in [1.29, 1.82) is 0 Å². The first-order valence-electron chi connectivity index (χ1n) is 11.3. The Balaban J connectivity index is 1.18. The summed E-state index contributed by atoms with van der Waals surface area (Å²) in [5.41, 5.74) is 3.99. The van der Waals surface area contributed by atoms with Crippen molar-refractivity contribution in [2.45, 2.75) is 19.3 Å². The van der Waals surface area contributed by atoms with Gasteiger partial charge >= 0.3 is 0 Å². The first kappa shape index (κ1) is 22.9. The molecular weight excluding hydrogens is 426 g/mol. The number of benzene rings is 3. The summed E-state index contributed by atoms with van der Waals surface area (Å²) >= 11 is 0. The molecule has 1 heterocycles. The van der Waals surface area contributed by atoms with Crippen LogP contribution in [-0.4, -0.2) is 24.2 Å². The van der Waals surface area contributed by atoms with E-state index in [2.05, 4.69) is 17.4 Å². The lowest BCUT2D eigenvalue weighted by Gasteiger charge is -2.08. The van der Waals surface area contributed by atoms with E-state index in [-0.39, 0.29) is 17.6 Å². The largest absolute Gasteiger partial charge is 0.494 e. The van der Waals surface area contributed by atoms with E-state index in [1.807, 2.05) is 48.5 Å². The normalized spacial score (nSPS) is 13.1. The molecule has 0 saturated carbocycles. The van der Waals surface area contributed by atoms with Gasteiger partial charge in [0, 0.05) is 11.6 Å². The van der Waals surface area contributed by atoms with E-state index >= 15 is 0 Å². The molecule has 3 aromatic rings. The van der Waals surface area contributed by atoms with Crippen LogP contribution in [0.15, 0.2) is 91.0 Å². The van der Waals surface area contributed by atoms with Crippen LogP contribution in [0, 0.1) is 0 Å². The summed E-state index contributed by atoms with van der Waals surface area (Å²) < 4.78 is 5.79. The van der Waals surface area contributed by atoms with Crippen LogP contribution in [-0.2, 0) is 16.0 Å². The average molecular weight is 452 g/mol. The summed E-state index contributed by atoms with van der Waals surface area (Å²) in [6.07, 6.45) is 7.61. The number of carbonyl (C=O) groups is 3. The van der Waals surface area contributed by atoms with Gasteiger partial charge in [0.25, 0.3) is 11.8 Å². The average Bonchev–Trinajstić information content (AvgIpc) is 3.21. The molecule has 0 bridgehead atoms. The van der Waals surface area contributed by atoms with Gasteiger partial charge in [-0.3, -0.25) is 19.7 Å². The SMILES string of the molecule is O=C1C=C(c2ccc(OCCCCc3ccc(C=CC(=O)c4ccccc4)cc3)cc2)C(=O)N1. The number of nitrogens with one attached hydrogen (secondary N) is 1. The van der Waals surface area contributed by atoms with E-state index in [4.69, 9.17) is 4.74 Å². The minimum Gasteiger partial charge on any atom is -0.494 e. The van der Waals surface area contributed by atoms with Gasteiger partial charge in [0.1, 0.15) is 5.75 Å². The molecule has 1 N–H and O–H groups in total. The van der Waals surface area contributed by atoms with Crippen LogP contribution in [0.25, 0.3) is 11.6 Å². The highest BCUT2D eigenvalue weighted by atomic mass is 16.5. The van der Waals surface area contributed by atoms with E-state index in [9.17, 15) is 14.4 Å². The number of ether oxygens (including phenoxy) is 1. The molecule has 0 aromatic heterocycles. The van der Waals surface area contributed by atoms with E-state index in [0.29, 0.717) is 23.3 Å². The summed E-state index contributed by atoms with van der Waals surface area (Å²) in [6, 6.07) is 24.6. The van der Waals surface area contributed by atoms with Crippen molar-refractivity contribution < 1.29 is 19.1 Å². The maximum atomic E-state index is 12.2. The van der Waals surface area contributed by atoms with Crippen molar-refractivity contribution in [3.63, 3.8) is 0 Å². The van der Waals surface area contributed by atoms with Crippen LogP contribution in [0.2, 0.25) is 0 Å². The third-order valence-electron chi connectivity index (χ3n) is 5.52. The predicted molar refractivity (Wildman–Crippen MR) is 132 cm³/mol. The molecule has 2 amide bonds. The van der Waals surface area contributed by atoms with Gasteiger partial charge in [-0.2, -0.15) is 0 Å². The number of ketones is 1. The van der Waals surface area contributed by atoms with Crippen LogP contribution in [0.1, 0.15) is 39.9 Å². The van der Waals surface area contributed by atoms with Gasteiger partial charge in [0.05, 0.1) is 12.2 Å². The molecule has 0 spiro atoms. The highest BCUT2D eigenvalue weighted by molar-refractivity contribution is 6.33. The Kier molecular flexibility index (Phi) is 7.45. The van der Waals surface area contributed by atoms with Gasteiger partial charge in [-0.15, -0.1) is 0 Å². The van der Waals surface area contributed by atoms with E-state index < -0.39 is 0 Å². The topological polar surface area (TPSA) is 72.5 Å². The highest BCUT2D eigenvalue weighted by Crippen LogP contribution is 2.21. The number of imide groups is 1. The van der Waals surface area contributed by atoms with Crippen molar-refractivity contribution in [1.82, 2.24) is 5.32 Å². The van der Waals surface area contributed by atoms with Crippen molar-refractivity contribution in [2.75, 3.05) is 6.61 Å². The number of unbranched alkanes of at least 4 members (excludes halogenated alkanes) is 1.